The fraction of sp³-hybridized carbons (Fsp3) is 0.643. The van der Waals surface area contributed by atoms with Gasteiger partial charge in [0.05, 0.1) is 17.7 Å². The van der Waals surface area contributed by atoms with Crippen molar-refractivity contribution < 1.29 is 19.4 Å². The van der Waals surface area contributed by atoms with E-state index in [-0.39, 0.29) is 5.56 Å². The first-order valence-corrected chi connectivity index (χ1v) is 6.81. The third kappa shape index (κ3) is 4.33. The van der Waals surface area contributed by atoms with E-state index in [1.807, 2.05) is 13.8 Å². The number of carboxylic acid groups (broad SMARTS) is 1. The molecule has 0 spiro atoms. The number of aliphatic hydroxyl groups is 1. The number of piperazine rings is 1. The Kier molecular flexibility index (Phi) is 4.47. The van der Waals surface area contributed by atoms with Crippen molar-refractivity contribution in [3.05, 3.63) is 23.7 Å². The maximum atomic E-state index is 10.8. The van der Waals surface area contributed by atoms with E-state index in [0.717, 1.165) is 26.2 Å². The predicted octanol–water partition coefficient (Wildman–Crippen LogP) is 0.866. The molecule has 1 aliphatic rings. The number of hydrogen-bond acceptors (Lipinski definition) is 5. The second kappa shape index (κ2) is 5.95. The van der Waals surface area contributed by atoms with Gasteiger partial charge in [-0.2, -0.15) is 0 Å². The first-order valence-electron chi connectivity index (χ1n) is 6.81. The first-order chi connectivity index (χ1) is 9.33. The van der Waals surface area contributed by atoms with Crippen LogP contribution in [0.3, 0.4) is 0 Å². The monoisotopic (exact) mass is 282 g/mol. The first kappa shape index (κ1) is 15.0. The van der Waals surface area contributed by atoms with Gasteiger partial charge in [-0.1, -0.05) is 0 Å². The van der Waals surface area contributed by atoms with Gasteiger partial charge in [0.1, 0.15) is 12.0 Å². The molecule has 0 aromatic carbocycles. The highest BCUT2D eigenvalue weighted by atomic mass is 16.4. The number of carbonyl (C=O) groups is 1. The molecule has 20 heavy (non-hydrogen) atoms. The summed E-state index contributed by atoms with van der Waals surface area (Å²) in [5.74, 6) is -0.284. The van der Waals surface area contributed by atoms with Gasteiger partial charge < -0.3 is 14.6 Å². The summed E-state index contributed by atoms with van der Waals surface area (Å²) in [6, 6.07) is 1.57. The molecular weight excluding hydrogens is 260 g/mol. The minimum atomic E-state index is -0.963. The van der Waals surface area contributed by atoms with Gasteiger partial charge >= 0.3 is 5.97 Å². The molecule has 0 atom stereocenters. The van der Waals surface area contributed by atoms with Crippen LogP contribution in [0, 0.1) is 0 Å². The summed E-state index contributed by atoms with van der Waals surface area (Å²) < 4.78 is 5.26. The zero-order valence-corrected chi connectivity index (χ0v) is 12.0. The Morgan fingerprint density at radius 2 is 1.90 bits per heavy atom. The van der Waals surface area contributed by atoms with Gasteiger partial charge in [0.25, 0.3) is 0 Å². The van der Waals surface area contributed by atoms with Crippen LogP contribution in [0.15, 0.2) is 16.7 Å². The molecular formula is C14H22N2O4. The highest BCUT2D eigenvalue weighted by Gasteiger charge is 2.23. The van der Waals surface area contributed by atoms with Crippen LogP contribution in [0.5, 0.6) is 0 Å². The van der Waals surface area contributed by atoms with E-state index in [1.165, 1.54) is 6.26 Å². The van der Waals surface area contributed by atoms with E-state index in [0.29, 0.717) is 18.8 Å². The van der Waals surface area contributed by atoms with Crippen LogP contribution in [0.25, 0.3) is 0 Å². The molecule has 1 aliphatic heterocycles. The summed E-state index contributed by atoms with van der Waals surface area (Å²) in [5.41, 5.74) is -0.472. The molecule has 0 aliphatic carbocycles. The summed E-state index contributed by atoms with van der Waals surface area (Å²) in [6.45, 7) is 8.51. The SMILES string of the molecule is CC(C)(O)CN1CCN(Cc2cc(C(=O)O)co2)CC1. The molecule has 112 valence electrons. The normalized spacial score (nSPS) is 18.4. The molecule has 1 aromatic heterocycles. The molecule has 0 unspecified atom stereocenters. The van der Waals surface area contributed by atoms with Crippen molar-refractivity contribution in [3.63, 3.8) is 0 Å². The summed E-state index contributed by atoms with van der Waals surface area (Å²) >= 11 is 0. The summed E-state index contributed by atoms with van der Waals surface area (Å²) in [5, 5.41) is 18.6. The Hall–Kier alpha value is -1.37. The van der Waals surface area contributed by atoms with Crippen molar-refractivity contribution in [2.75, 3.05) is 32.7 Å². The molecule has 2 N–H and O–H groups in total. The van der Waals surface area contributed by atoms with Crippen LogP contribution >= 0.6 is 0 Å². The van der Waals surface area contributed by atoms with E-state index in [4.69, 9.17) is 9.52 Å². The zero-order valence-electron chi connectivity index (χ0n) is 12.0. The zero-order chi connectivity index (χ0) is 14.8. The number of aromatic carboxylic acids is 1. The average molecular weight is 282 g/mol. The molecule has 2 heterocycles. The van der Waals surface area contributed by atoms with E-state index in [1.54, 1.807) is 6.07 Å². The lowest BCUT2D eigenvalue weighted by molar-refractivity contribution is 0.0158. The van der Waals surface area contributed by atoms with Crippen molar-refractivity contribution >= 4 is 5.97 Å². The fourth-order valence-corrected chi connectivity index (χ4v) is 2.45. The molecule has 0 saturated carbocycles. The molecule has 0 amide bonds. The minimum absolute atomic E-state index is 0.195. The lowest BCUT2D eigenvalue weighted by Gasteiger charge is -2.36. The quantitative estimate of drug-likeness (QED) is 0.834. The van der Waals surface area contributed by atoms with E-state index < -0.39 is 11.6 Å². The van der Waals surface area contributed by atoms with Gasteiger partial charge in [0, 0.05) is 32.7 Å². The third-order valence-electron chi connectivity index (χ3n) is 3.36. The number of furan rings is 1. The van der Waals surface area contributed by atoms with Crippen molar-refractivity contribution in [2.45, 2.75) is 26.0 Å². The van der Waals surface area contributed by atoms with Gasteiger partial charge in [-0.15, -0.1) is 0 Å². The van der Waals surface area contributed by atoms with Gasteiger partial charge in [-0.05, 0) is 19.9 Å². The van der Waals surface area contributed by atoms with Crippen molar-refractivity contribution in [2.24, 2.45) is 0 Å². The van der Waals surface area contributed by atoms with Crippen LogP contribution in [-0.2, 0) is 6.54 Å². The maximum absolute atomic E-state index is 10.8. The Morgan fingerprint density at radius 3 is 2.40 bits per heavy atom. The van der Waals surface area contributed by atoms with Gasteiger partial charge in [-0.25, -0.2) is 4.79 Å². The average Bonchev–Trinajstić information content (AvgIpc) is 2.78. The van der Waals surface area contributed by atoms with Crippen LogP contribution in [0.2, 0.25) is 0 Å². The van der Waals surface area contributed by atoms with Crippen LogP contribution in [0.4, 0.5) is 0 Å². The molecule has 0 radical (unpaired) electrons. The van der Waals surface area contributed by atoms with Crippen LogP contribution < -0.4 is 0 Å². The molecule has 0 bridgehead atoms. The number of β-amino-alcohol motifs (C(OH)–C–C–N with tert-alkyl or cyclic N) is 1. The van der Waals surface area contributed by atoms with E-state index >= 15 is 0 Å². The van der Waals surface area contributed by atoms with Crippen molar-refractivity contribution in [3.8, 4) is 0 Å². The van der Waals surface area contributed by atoms with E-state index in [2.05, 4.69) is 9.80 Å². The summed E-state index contributed by atoms with van der Waals surface area (Å²) in [6.07, 6.45) is 1.28. The standard InChI is InChI=1S/C14H22N2O4/c1-14(2,19)10-16-5-3-15(4-6-16)8-12-7-11(9-20-12)13(17)18/h7,9,19H,3-6,8,10H2,1-2H3,(H,17,18). The highest BCUT2D eigenvalue weighted by molar-refractivity contribution is 5.87. The Balaban J connectivity index is 1.80. The fourth-order valence-electron chi connectivity index (χ4n) is 2.45. The summed E-state index contributed by atoms with van der Waals surface area (Å²) in [4.78, 5) is 15.2. The van der Waals surface area contributed by atoms with Gasteiger partial charge in [-0.3, -0.25) is 9.80 Å². The molecule has 6 heteroatoms. The molecule has 1 saturated heterocycles. The number of rotatable bonds is 5. The Labute approximate surface area is 118 Å². The molecule has 6 nitrogen and oxygen atoms in total. The third-order valence-corrected chi connectivity index (χ3v) is 3.36. The Bertz CT molecular complexity index is 456. The molecule has 2 rings (SSSR count). The van der Waals surface area contributed by atoms with Gasteiger partial charge in [0.2, 0.25) is 0 Å². The van der Waals surface area contributed by atoms with E-state index in [9.17, 15) is 9.90 Å². The minimum Gasteiger partial charge on any atom is -0.478 e. The largest absolute Gasteiger partial charge is 0.478 e. The predicted molar refractivity (Wildman–Crippen MR) is 73.7 cm³/mol. The number of hydrogen-bond donors (Lipinski definition) is 2. The second-order valence-corrected chi connectivity index (χ2v) is 5.97. The lowest BCUT2D eigenvalue weighted by atomic mass is 10.1. The molecule has 1 fully saturated rings. The van der Waals surface area contributed by atoms with Crippen molar-refractivity contribution in [1.29, 1.82) is 0 Å². The highest BCUT2D eigenvalue weighted by Crippen LogP contribution is 2.14. The number of nitrogens with zero attached hydrogens (tertiary/aromatic N) is 2. The van der Waals surface area contributed by atoms with Crippen molar-refractivity contribution in [1.82, 2.24) is 9.80 Å². The number of carboxylic acids is 1. The summed E-state index contributed by atoms with van der Waals surface area (Å²) in [7, 11) is 0. The second-order valence-electron chi connectivity index (χ2n) is 5.97. The Morgan fingerprint density at radius 1 is 1.30 bits per heavy atom. The van der Waals surface area contributed by atoms with Crippen LogP contribution in [-0.4, -0.2) is 64.3 Å². The lowest BCUT2D eigenvalue weighted by Crippen LogP contribution is -2.50. The topological polar surface area (TPSA) is 77.2 Å². The smallest absolute Gasteiger partial charge is 0.338 e. The van der Waals surface area contributed by atoms with Gasteiger partial charge in [0.15, 0.2) is 0 Å². The molecule has 1 aromatic rings. The van der Waals surface area contributed by atoms with Crippen LogP contribution in [0.1, 0.15) is 30.0 Å². The maximum Gasteiger partial charge on any atom is 0.338 e.